The van der Waals surface area contributed by atoms with E-state index in [0.29, 0.717) is 6.42 Å². The zero-order valence-corrected chi connectivity index (χ0v) is 16.5. The summed E-state index contributed by atoms with van der Waals surface area (Å²) in [6, 6.07) is 20.2. The van der Waals surface area contributed by atoms with Crippen LogP contribution in [-0.4, -0.2) is 12.0 Å². The minimum atomic E-state index is -0.523. The van der Waals surface area contributed by atoms with Gasteiger partial charge in [-0.15, -0.1) is 0 Å². The minimum Gasteiger partial charge on any atom is -0.480 e. The summed E-state index contributed by atoms with van der Waals surface area (Å²) in [5, 5.41) is 5.23. The van der Waals surface area contributed by atoms with Gasteiger partial charge in [-0.25, -0.2) is 0 Å². The smallest absolute Gasteiger partial charge is 0.261 e. The van der Waals surface area contributed by atoms with Crippen molar-refractivity contribution in [1.29, 1.82) is 0 Å². The first kappa shape index (κ1) is 19.0. The Morgan fingerprint density at radius 2 is 1.74 bits per heavy atom. The van der Waals surface area contributed by atoms with E-state index >= 15 is 0 Å². The molecule has 27 heavy (non-hydrogen) atoms. The molecule has 3 aromatic carbocycles. The number of carbonyl (C=O) groups is 1. The van der Waals surface area contributed by atoms with Gasteiger partial charge in [0.15, 0.2) is 6.10 Å². The van der Waals surface area contributed by atoms with Crippen LogP contribution in [-0.2, 0) is 4.79 Å². The Morgan fingerprint density at radius 3 is 2.48 bits per heavy atom. The van der Waals surface area contributed by atoms with Crippen molar-refractivity contribution in [2.24, 2.45) is 0 Å². The van der Waals surface area contributed by atoms with Crippen molar-refractivity contribution in [2.45, 2.75) is 46.3 Å². The highest BCUT2D eigenvalue weighted by atomic mass is 16.5. The van der Waals surface area contributed by atoms with Crippen molar-refractivity contribution >= 4 is 16.7 Å². The molecule has 0 spiro atoms. The molecule has 140 valence electrons. The summed E-state index contributed by atoms with van der Waals surface area (Å²) in [5.74, 6) is 0.657. The SMILES string of the molecule is CC[C@@H](Oc1cccc2ccccc12)C(=O)N[C@H](C)c1ccc(C)c(C)c1. The number of aryl methyl sites for hydroxylation is 2. The molecule has 3 aromatic rings. The normalized spacial score (nSPS) is 13.2. The van der Waals surface area contributed by atoms with Crippen molar-refractivity contribution < 1.29 is 9.53 Å². The molecule has 0 unspecified atom stereocenters. The molecule has 0 aromatic heterocycles. The molecule has 0 saturated carbocycles. The lowest BCUT2D eigenvalue weighted by Crippen LogP contribution is -2.39. The lowest BCUT2D eigenvalue weighted by molar-refractivity contribution is -0.128. The molecule has 0 saturated heterocycles. The van der Waals surface area contributed by atoms with E-state index in [-0.39, 0.29) is 11.9 Å². The third kappa shape index (κ3) is 4.30. The number of carbonyl (C=O) groups excluding carboxylic acids is 1. The van der Waals surface area contributed by atoms with Crippen LogP contribution in [0.5, 0.6) is 5.75 Å². The first-order valence-electron chi connectivity index (χ1n) is 9.51. The van der Waals surface area contributed by atoms with Gasteiger partial charge in [-0.3, -0.25) is 4.79 Å². The highest BCUT2D eigenvalue weighted by molar-refractivity contribution is 5.89. The number of nitrogens with one attached hydrogen (secondary N) is 1. The predicted molar refractivity (Wildman–Crippen MR) is 111 cm³/mol. The molecule has 1 N–H and O–H groups in total. The topological polar surface area (TPSA) is 38.3 Å². The van der Waals surface area contributed by atoms with Gasteiger partial charge in [0.05, 0.1) is 6.04 Å². The molecule has 0 radical (unpaired) electrons. The third-order valence-corrected chi connectivity index (χ3v) is 5.07. The molecule has 0 fully saturated rings. The summed E-state index contributed by atoms with van der Waals surface area (Å²) in [4.78, 5) is 12.8. The number of hydrogen-bond acceptors (Lipinski definition) is 2. The number of ether oxygens (including phenoxy) is 1. The van der Waals surface area contributed by atoms with E-state index in [1.807, 2.05) is 56.3 Å². The van der Waals surface area contributed by atoms with Crippen molar-refractivity contribution in [3.05, 3.63) is 77.4 Å². The predicted octanol–water partition coefficient (Wildman–Crippen LogP) is 5.49. The van der Waals surface area contributed by atoms with Gasteiger partial charge in [-0.2, -0.15) is 0 Å². The Kier molecular flexibility index (Phi) is 5.80. The zero-order chi connectivity index (χ0) is 19.4. The van der Waals surface area contributed by atoms with Gasteiger partial charge in [-0.1, -0.05) is 61.5 Å². The molecule has 3 heteroatoms. The molecule has 0 heterocycles. The number of rotatable bonds is 6. The minimum absolute atomic E-state index is 0.0676. The van der Waals surface area contributed by atoms with Gasteiger partial charge in [-0.05, 0) is 55.3 Å². The molecular weight excluding hydrogens is 334 g/mol. The zero-order valence-electron chi connectivity index (χ0n) is 16.5. The van der Waals surface area contributed by atoms with Gasteiger partial charge < -0.3 is 10.1 Å². The molecule has 3 nitrogen and oxygen atoms in total. The largest absolute Gasteiger partial charge is 0.480 e. The second-order valence-corrected chi connectivity index (χ2v) is 7.07. The monoisotopic (exact) mass is 361 g/mol. The molecule has 3 rings (SSSR count). The highest BCUT2D eigenvalue weighted by Crippen LogP contribution is 2.27. The Bertz CT molecular complexity index is 943. The lowest BCUT2D eigenvalue weighted by atomic mass is 10.0. The van der Waals surface area contributed by atoms with Crippen LogP contribution in [0.1, 0.15) is 43.0 Å². The van der Waals surface area contributed by atoms with E-state index < -0.39 is 6.10 Å². The molecule has 2 atom stereocenters. The number of benzene rings is 3. The van der Waals surface area contributed by atoms with Crippen LogP contribution in [0.2, 0.25) is 0 Å². The highest BCUT2D eigenvalue weighted by Gasteiger charge is 2.21. The maximum atomic E-state index is 12.8. The van der Waals surface area contributed by atoms with Crippen molar-refractivity contribution in [3.8, 4) is 5.75 Å². The Morgan fingerprint density at radius 1 is 1.00 bits per heavy atom. The van der Waals surface area contributed by atoms with Gasteiger partial charge in [0, 0.05) is 5.39 Å². The van der Waals surface area contributed by atoms with Crippen molar-refractivity contribution in [3.63, 3.8) is 0 Å². The molecule has 0 aliphatic carbocycles. The van der Waals surface area contributed by atoms with Gasteiger partial charge >= 0.3 is 0 Å². The molecule has 0 aliphatic heterocycles. The van der Waals surface area contributed by atoms with Crippen LogP contribution in [0.3, 0.4) is 0 Å². The van der Waals surface area contributed by atoms with Crippen LogP contribution in [0, 0.1) is 13.8 Å². The van der Waals surface area contributed by atoms with E-state index in [0.717, 1.165) is 22.1 Å². The summed E-state index contributed by atoms with van der Waals surface area (Å²) in [5.41, 5.74) is 3.59. The average molecular weight is 361 g/mol. The van der Waals surface area contributed by atoms with Crippen molar-refractivity contribution in [1.82, 2.24) is 5.32 Å². The fourth-order valence-electron chi connectivity index (χ4n) is 3.20. The summed E-state index contributed by atoms with van der Waals surface area (Å²) >= 11 is 0. The van der Waals surface area contributed by atoms with E-state index in [9.17, 15) is 4.79 Å². The maximum absolute atomic E-state index is 12.8. The molecule has 1 amide bonds. The van der Waals surface area contributed by atoms with Gasteiger partial charge in [0.25, 0.3) is 5.91 Å². The fraction of sp³-hybridized carbons (Fsp3) is 0.292. The van der Waals surface area contributed by atoms with E-state index in [2.05, 4.69) is 37.4 Å². The van der Waals surface area contributed by atoms with Crippen LogP contribution >= 0.6 is 0 Å². The number of amides is 1. The summed E-state index contributed by atoms with van der Waals surface area (Å²) < 4.78 is 6.11. The molecular formula is C24H27NO2. The quantitative estimate of drug-likeness (QED) is 0.630. The van der Waals surface area contributed by atoms with Crippen LogP contribution in [0.25, 0.3) is 10.8 Å². The van der Waals surface area contributed by atoms with E-state index in [4.69, 9.17) is 4.74 Å². The summed E-state index contributed by atoms with van der Waals surface area (Å²) in [6.45, 7) is 8.15. The number of hydrogen-bond donors (Lipinski definition) is 1. The lowest BCUT2D eigenvalue weighted by Gasteiger charge is -2.22. The summed E-state index contributed by atoms with van der Waals surface area (Å²) in [6.07, 6.45) is 0.0825. The van der Waals surface area contributed by atoms with Crippen LogP contribution in [0.15, 0.2) is 60.7 Å². The van der Waals surface area contributed by atoms with Crippen LogP contribution in [0.4, 0.5) is 0 Å². The second kappa shape index (κ2) is 8.26. The van der Waals surface area contributed by atoms with Crippen molar-refractivity contribution in [2.75, 3.05) is 0 Å². The maximum Gasteiger partial charge on any atom is 0.261 e. The molecule has 0 aliphatic rings. The Hall–Kier alpha value is -2.81. The van der Waals surface area contributed by atoms with Gasteiger partial charge in [0.2, 0.25) is 0 Å². The Balaban J connectivity index is 1.74. The molecule has 0 bridgehead atoms. The number of fused-ring (bicyclic) bond motifs is 1. The first-order valence-corrected chi connectivity index (χ1v) is 9.51. The van der Waals surface area contributed by atoms with Crippen LogP contribution < -0.4 is 10.1 Å². The fourth-order valence-corrected chi connectivity index (χ4v) is 3.20. The first-order chi connectivity index (χ1) is 13.0. The third-order valence-electron chi connectivity index (χ3n) is 5.07. The van der Waals surface area contributed by atoms with E-state index in [1.54, 1.807) is 0 Å². The average Bonchev–Trinajstić information content (AvgIpc) is 2.68. The Labute approximate surface area is 161 Å². The van der Waals surface area contributed by atoms with Gasteiger partial charge in [0.1, 0.15) is 5.75 Å². The summed E-state index contributed by atoms with van der Waals surface area (Å²) in [7, 11) is 0. The standard InChI is InChI=1S/C24H27NO2/c1-5-22(27-23-12-8-10-19-9-6-7-11-21(19)23)24(26)25-18(4)20-14-13-16(2)17(3)15-20/h6-15,18,22H,5H2,1-4H3,(H,25,26)/t18-,22-/m1/s1. The van der Waals surface area contributed by atoms with E-state index in [1.165, 1.54) is 11.1 Å². The second-order valence-electron chi connectivity index (χ2n) is 7.07.